The lowest BCUT2D eigenvalue weighted by Gasteiger charge is -2.27. The highest BCUT2D eigenvalue weighted by atomic mass is 16.5. The van der Waals surface area contributed by atoms with Gasteiger partial charge in [0.1, 0.15) is 11.9 Å². The van der Waals surface area contributed by atoms with Crippen molar-refractivity contribution in [2.24, 2.45) is 0 Å². The average Bonchev–Trinajstić information content (AvgIpc) is 3.10. The van der Waals surface area contributed by atoms with Crippen LogP contribution in [0.3, 0.4) is 0 Å². The number of pyridine rings is 1. The van der Waals surface area contributed by atoms with E-state index in [1.54, 1.807) is 36.3 Å². The first-order valence-corrected chi connectivity index (χ1v) is 7.33. The summed E-state index contributed by atoms with van der Waals surface area (Å²) in [4.78, 5) is 18.7. The zero-order valence-electron chi connectivity index (χ0n) is 12.5. The van der Waals surface area contributed by atoms with Crippen molar-refractivity contribution in [1.82, 2.24) is 14.8 Å². The molecule has 116 valence electrons. The quantitative estimate of drug-likeness (QED) is 0.922. The molecule has 0 radical (unpaired) electrons. The molecule has 1 atom stereocenters. The Hall–Kier alpha value is -2.41. The minimum absolute atomic E-state index is 0.121. The van der Waals surface area contributed by atoms with Gasteiger partial charge >= 0.3 is 0 Å². The predicted molar refractivity (Wildman–Crippen MR) is 82.8 cm³/mol. The number of carbonyl (C=O) groups is 1. The third kappa shape index (κ3) is 3.25. The fraction of sp³-hybridized carbons (Fsp3) is 0.400. The van der Waals surface area contributed by atoms with E-state index < -0.39 is 0 Å². The van der Waals surface area contributed by atoms with Crippen LogP contribution in [0.1, 0.15) is 13.0 Å². The van der Waals surface area contributed by atoms with Gasteiger partial charge in [0.15, 0.2) is 0 Å². The van der Waals surface area contributed by atoms with E-state index in [2.05, 4.69) is 20.3 Å². The molecule has 7 heteroatoms. The lowest BCUT2D eigenvalue weighted by molar-refractivity contribution is -0.119. The molecule has 1 N–H and O–H groups in total. The second kappa shape index (κ2) is 6.57. The summed E-state index contributed by atoms with van der Waals surface area (Å²) in [5.41, 5.74) is 0.681. The summed E-state index contributed by atoms with van der Waals surface area (Å²) in [6.07, 6.45) is 5.10. The van der Waals surface area contributed by atoms with Crippen molar-refractivity contribution < 1.29 is 9.53 Å². The van der Waals surface area contributed by atoms with Gasteiger partial charge in [-0.15, -0.1) is 0 Å². The van der Waals surface area contributed by atoms with E-state index in [1.165, 1.54) is 0 Å². The molecule has 1 aliphatic heterocycles. The summed E-state index contributed by atoms with van der Waals surface area (Å²) in [5.74, 6) is 0.783. The van der Waals surface area contributed by atoms with Crippen LogP contribution in [-0.4, -0.2) is 47.0 Å². The van der Waals surface area contributed by atoms with Crippen molar-refractivity contribution in [3.05, 3.63) is 36.8 Å². The van der Waals surface area contributed by atoms with Crippen LogP contribution in [0.15, 0.2) is 36.8 Å². The molecule has 0 spiro atoms. The minimum atomic E-state index is -0.367. The molecule has 1 amide bonds. The van der Waals surface area contributed by atoms with Gasteiger partial charge in [-0.1, -0.05) is 0 Å². The smallest absolute Gasteiger partial charge is 0.248 e. The molecular weight excluding hydrogens is 282 g/mol. The molecule has 0 bridgehead atoms. The number of morpholine rings is 1. The number of aromatic nitrogens is 3. The maximum Gasteiger partial charge on any atom is 0.248 e. The first kappa shape index (κ1) is 14.5. The van der Waals surface area contributed by atoms with E-state index in [0.29, 0.717) is 5.69 Å². The number of nitrogens with one attached hydrogen (secondary N) is 1. The van der Waals surface area contributed by atoms with Gasteiger partial charge in [-0.2, -0.15) is 5.10 Å². The number of carbonyl (C=O) groups excluding carboxylic acids is 1. The van der Waals surface area contributed by atoms with Crippen LogP contribution in [0, 0.1) is 0 Å². The number of hydrogen-bond donors (Lipinski definition) is 1. The van der Waals surface area contributed by atoms with E-state index in [-0.39, 0.29) is 11.9 Å². The molecule has 3 heterocycles. The van der Waals surface area contributed by atoms with Crippen molar-refractivity contribution >= 4 is 17.4 Å². The molecule has 0 aromatic carbocycles. The highest BCUT2D eigenvalue weighted by Gasteiger charge is 2.16. The molecule has 2 aromatic heterocycles. The van der Waals surface area contributed by atoms with Gasteiger partial charge in [0, 0.05) is 25.5 Å². The van der Waals surface area contributed by atoms with Gasteiger partial charge in [0.05, 0.1) is 25.1 Å². The number of ether oxygens (including phenoxy) is 1. The van der Waals surface area contributed by atoms with Crippen molar-refractivity contribution in [3.63, 3.8) is 0 Å². The Morgan fingerprint density at radius 1 is 1.36 bits per heavy atom. The molecule has 0 saturated carbocycles. The predicted octanol–water partition coefficient (Wildman–Crippen LogP) is 1.31. The van der Waals surface area contributed by atoms with Gasteiger partial charge in [-0.05, 0) is 25.1 Å². The lowest BCUT2D eigenvalue weighted by atomic mass is 10.3. The summed E-state index contributed by atoms with van der Waals surface area (Å²) in [7, 11) is 0. The van der Waals surface area contributed by atoms with Gasteiger partial charge in [0.2, 0.25) is 5.91 Å². The van der Waals surface area contributed by atoms with Gasteiger partial charge in [0.25, 0.3) is 0 Å². The van der Waals surface area contributed by atoms with E-state index in [1.807, 2.05) is 12.1 Å². The summed E-state index contributed by atoms with van der Waals surface area (Å²) in [5, 5.41) is 6.93. The monoisotopic (exact) mass is 301 g/mol. The topological polar surface area (TPSA) is 72.3 Å². The van der Waals surface area contributed by atoms with Crippen LogP contribution in [-0.2, 0) is 9.53 Å². The third-order valence-electron chi connectivity index (χ3n) is 3.65. The Morgan fingerprint density at radius 3 is 2.82 bits per heavy atom. The van der Waals surface area contributed by atoms with Gasteiger partial charge < -0.3 is 15.0 Å². The molecule has 7 nitrogen and oxygen atoms in total. The number of amides is 1. The van der Waals surface area contributed by atoms with E-state index in [0.717, 1.165) is 32.1 Å². The molecule has 2 aromatic rings. The van der Waals surface area contributed by atoms with E-state index in [4.69, 9.17) is 4.74 Å². The lowest BCUT2D eigenvalue weighted by Crippen LogP contribution is -2.36. The van der Waals surface area contributed by atoms with Crippen molar-refractivity contribution in [2.75, 3.05) is 36.5 Å². The molecule has 22 heavy (non-hydrogen) atoms. The number of hydrogen-bond acceptors (Lipinski definition) is 5. The normalized spacial score (nSPS) is 16.3. The summed E-state index contributed by atoms with van der Waals surface area (Å²) in [6.45, 7) is 4.94. The second-order valence-electron chi connectivity index (χ2n) is 5.16. The van der Waals surface area contributed by atoms with E-state index in [9.17, 15) is 4.79 Å². The number of rotatable bonds is 4. The van der Waals surface area contributed by atoms with Crippen molar-refractivity contribution in [3.8, 4) is 0 Å². The zero-order chi connectivity index (χ0) is 15.4. The molecular formula is C15H19N5O2. The average molecular weight is 301 g/mol. The Bertz CT molecular complexity index is 605. The van der Waals surface area contributed by atoms with Crippen LogP contribution < -0.4 is 10.2 Å². The summed E-state index contributed by atoms with van der Waals surface area (Å²) in [6, 6.07) is 5.21. The van der Waals surface area contributed by atoms with Crippen LogP contribution >= 0.6 is 0 Å². The minimum Gasteiger partial charge on any atom is -0.378 e. The standard InChI is InChI=1S/C15H19N5O2/c1-12(20-6-2-5-17-20)15(21)18-13-3-4-14(16-11-13)19-7-9-22-10-8-19/h2-6,11-12H,7-10H2,1H3,(H,18,21). The number of nitrogens with zero attached hydrogens (tertiary/aromatic N) is 4. The van der Waals surface area contributed by atoms with Crippen LogP contribution in [0.25, 0.3) is 0 Å². The van der Waals surface area contributed by atoms with Crippen LogP contribution in [0.4, 0.5) is 11.5 Å². The first-order chi connectivity index (χ1) is 10.7. The second-order valence-corrected chi connectivity index (χ2v) is 5.16. The largest absolute Gasteiger partial charge is 0.378 e. The molecule has 1 unspecified atom stereocenters. The fourth-order valence-electron chi connectivity index (χ4n) is 2.32. The van der Waals surface area contributed by atoms with Crippen LogP contribution in [0.2, 0.25) is 0 Å². The van der Waals surface area contributed by atoms with Crippen molar-refractivity contribution in [1.29, 1.82) is 0 Å². The summed E-state index contributed by atoms with van der Waals surface area (Å²) >= 11 is 0. The van der Waals surface area contributed by atoms with Gasteiger partial charge in [-0.3, -0.25) is 9.48 Å². The SMILES string of the molecule is CC(C(=O)Nc1ccc(N2CCOCC2)nc1)n1cccn1. The van der Waals surface area contributed by atoms with Crippen molar-refractivity contribution in [2.45, 2.75) is 13.0 Å². The Morgan fingerprint density at radius 2 is 2.18 bits per heavy atom. The Kier molecular flexibility index (Phi) is 4.34. The molecule has 3 rings (SSSR count). The zero-order valence-corrected chi connectivity index (χ0v) is 12.5. The first-order valence-electron chi connectivity index (χ1n) is 7.33. The molecule has 1 fully saturated rings. The van der Waals surface area contributed by atoms with E-state index >= 15 is 0 Å². The maximum atomic E-state index is 12.2. The molecule has 1 saturated heterocycles. The maximum absolute atomic E-state index is 12.2. The Balaban J connectivity index is 1.62. The Labute approximate surface area is 128 Å². The summed E-state index contributed by atoms with van der Waals surface area (Å²) < 4.78 is 6.94. The highest BCUT2D eigenvalue weighted by Crippen LogP contribution is 2.16. The van der Waals surface area contributed by atoms with Gasteiger partial charge in [-0.25, -0.2) is 4.98 Å². The number of anilines is 2. The molecule has 0 aliphatic carbocycles. The van der Waals surface area contributed by atoms with Crippen LogP contribution in [0.5, 0.6) is 0 Å². The fourth-order valence-corrected chi connectivity index (χ4v) is 2.32. The highest BCUT2D eigenvalue weighted by molar-refractivity contribution is 5.93. The molecule has 1 aliphatic rings. The third-order valence-corrected chi connectivity index (χ3v) is 3.65.